The highest BCUT2D eigenvalue weighted by Gasteiger charge is 2.41. The van der Waals surface area contributed by atoms with Crippen molar-refractivity contribution in [3.63, 3.8) is 0 Å². The zero-order valence-corrected chi connectivity index (χ0v) is 9.61. The number of hydrogen-bond donors (Lipinski definition) is 1. The number of nitrogens with zero attached hydrogens (tertiary/aromatic N) is 1. The maximum Gasteiger partial charge on any atom is 0.289 e. The van der Waals surface area contributed by atoms with Crippen molar-refractivity contribution in [2.24, 2.45) is 11.8 Å². The summed E-state index contributed by atoms with van der Waals surface area (Å²) in [5.74, 6) is 1.65. The summed E-state index contributed by atoms with van der Waals surface area (Å²) in [5, 5.41) is 2.61. The SMILES string of the molecule is O=C(c1ccc(Cl)o1)N1CC2C[NH2+]CC2C1. The number of carbonyl (C=O) groups is 1. The third kappa shape index (κ3) is 1.62. The lowest BCUT2D eigenvalue weighted by Crippen LogP contribution is -2.82. The van der Waals surface area contributed by atoms with E-state index < -0.39 is 0 Å². The van der Waals surface area contributed by atoms with Gasteiger partial charge < -0.3 is 14.6 Å². The summed E-state index contributed by atoms with van der Waals surface area (Å²) >= 11 is 5.66. The lowest BCUT2D eigenvalue weighted by atomic mass is 10.0. The van der Waals surface area contributed by atoms with Crippen molar-refractivity contribution in [1.29, 1.82) is 0 Å². The highest BCUT2D eigenvalue weighted by atomic mass is 35.5. The van der Waals surface area contributed by atoms with Crippen LogP contribution in [0.15, 0.2) is 16.5 Å². The number of carbonyl (C=O) groups excluding carboxylic acids is 1. The molecule has 2 atom stereocenters. The second kappa shape index (κ2) is 3.79. The maximum atomic E-state index is 12.1. The van der Waals surface area contributed by atoms with E-state index in [4.69, 9.17) is 16.0 Å². The Kier molecular flexibility index (Phi) is 2.41. The predicted octanol–water partition coefficient (Wildman–Crippen LogP) is 0.198. The van der Waals surface area contributed by atoms with Gasteiger partial charge in [-0.3, -0.25) is 4.79 Å². The lowest BCUT2D eigenvalue weighted by Gasteiger charge is -2.14. The molecule has 0 aromatic carbocycles. The van der Waals surface area contributed by atoms with Crippen LogP contribution in [0.25, 0.3) is 0 Å². The molecule has 86 valence electrons. The van der Waals surface area contributed by atoms with Crippen LogP contribution in [0.3, 0.4) is 0 Å². The van der Waals surface area contributed by atoms with E-state index in [-0.39, 0.29) is 11.1 Å². The molecule has 5 heteroatoms. The topological polar surface area (TPSA) is 50.1 Å². The van der Waals surface area contributed by atoms with Gasteiger partial charge in [0.2, 0.25) is 0 Å². The van der Waals surface area contributed by atoms with Gasteiger partial charge in [0.15, 0.2) is 11.0 Å². The highest BCUT2D eigenvalue weighted by molar-refractivity contribution is 6.29. The molecule has 2 aliphatic heterocycles. The van der Waals surface area contributed by atoms with E-state index in [0.717, 1.165) is 26.2 Å². The van der Waals surface area contributed by atoms with Crippen LogP contribution in [0.5, 0.6) is 0 Å². The number of nitrogens with two attached hydrogens (primary N) is 1. The van der Waals surface area contributed by atoms with Crippen molar-refractivity contribution in [3.05, 3.63) is 23.1 Å². The molecule has 3 heterocycles. The van der Waals surface area contributed by atoms with Gasteiger partial charge in [0.1, 0.15) is 0 Å². The van der Waals surface area contributed by atoms with Crippen LogP contribution < -0.4 is 5.32 Å². The van der Waals surface area contributed by atoms with E-state index in [1.807, 2.05) is 4.90 Å². The predicted molar refractivity (Wildman–Crippen MR) is 58.3 cm³/mol. The molecule has 0 spiro atoms. The van der Waals surface area contributed by atoms with Crippen LogP contribution in [-0.4, -0.2) is 37.0 Å². The molecule has 2 aliphatic rings. The second-order valence-corrected chi connectivity index (χ2v) is 4.97. The summed E-state index contributed by atoms with van der Waals surface area (Å²) < 4.78 is 5.15. The monoisotopic (exact) mass is 241 g/mol. The minimum atomic E-state index is -0.0266. The van der Waals surface area contributed by atoms with Crippen LogP contribution in [-0.2, 0) is 0 Å². The van der Waals surface area contributed by atoms with E-state index >= 15 is 0 Å². The summed E-state index contributed by atoms with van der Waals surface area (Å²) in [5.41, 5.74) is 0. The largest absolute Gasteiger partial charge is 0.440 e. The standard InChI is InChI=1S/C11H13ClN2O2/c12-10-2-1-9(16-10)11(15)14-5-7-3-13-4-8(7)6-14/h1-2,7-8,13H,3-6H2/p+1. The summed E-state index contributed by atoms with van der Waals surface area (Å²) in [6, 6.07) is 3.25. The quantitative estimate of drug-likeness (QED) is 0.764. The van der Waals surface area contributed by atoms with Gasteiger partial charge in [-0.2, -0.15) is 0 Å². The van der Waals surface area contributed by atoms with Crippen molar-refractivity contribution in [3.8, 4) is 0 Å². The Bertz CT molecular complexity index is 406. The first kappa shape index (κ1) is 10.2. The Hall–Kier alpha value is -1.00. The third-order valence-electron chi connectivity index (χ3n) is 3.59. The Labute approximate surface area is 98.5 Å². The van der Waals surface area contributed by atoms with E-state index in [2.05, 4.69) is 5.32 Å². The normalized spacial score (nSPS) is 28.4. The molecular formula is C11H14ClN2O2+. The number of quaternary nitrogens is 1. The summed E-state index contributed by atoms with van der Waals surface area (Å²) in [6.45, 7) is 4.01. The Morgan fingerprint density at radius 2 is 2.06 bits per heavy atom. The Morgan fingerprint density at radius 3 is 2.62 bits per heavy atom. The zero-order valence-electron chi connectivity index (χ0n) is 8.86. The number of amides is 1. The fourth-order valence-electron chi connectivity index (χ4n) is 2.75. The average Bonchev–Trinajstić information content (AvgIpc) is 2.89. The summed E-state index contributed by atoms with van der Waals surface area (Å²) in [6.07, 6.45) is 0. The third-order valence-corrected chi connectivity index (χ3v) is 3.79. The molecule has 16 heavy (non-hydrogen) atoms. The van der Waals surface area contributed by atoms with Crippen molar-refractivity contribution in [2.45, 2.75) is 0 Å². The molecule has 3 rings (SSSR count). The van der Waals surface area contributed by atoms with Crippen molar-refractivity contribution >= 4 is 17.5 Å². The van der Waals surface area contributed by atoms with Gasteiger partial charge in [-0.05, 0) is 23.7 Å². The first-order chi connectivity index (χ1) is 7.74. The highest BCUT2D eigenvalue weighted by Crippen LogP contribution is 2.25. The number of likely N-dealkylation sites (tertiary alicyclic amines) is 1. The summed E-state index contributed by atoms with van der Waals surface area (Å²) in [4.78, 5) is 13.9. The van der Waals surface area contributed by atoms with Gasteiger partial charge in [-0.15, -0.1) is 0 Å². The maximum absolute atomic E-state index is 12.1. The van der Waals surface area contributed by atoms with Crippen LogP contribution in [0.1, 0.15) is 10.6 Å². The molecule has 4 nitrogen and oxygen atoms in total. The Morgan fingerprint density at radius 1 is 1.38 bits per heavy atom. The fourth-order valence-corrected chi connectivity index (χ4v) is 2.89. The molecule has 1 aromatic heterocycles. The van der Waals surface area contributed by atoms with Crippen LogP contribution >= 0.6 is 11.6 Å². The van der Waals surface area contributed by atoms with Gasteiger partial charge in [-0.1, -0.05) is 0 Å². The molecule has 0 radical (unpaired) electrons. The molecule has 0 saturated carbocycles. The second-order valence-electron chi connectivity index (χ2n) is 4.59. The number of halogens is 1. The average molecular weight is 242 g/mol. The van der Waals surface area contributed by atoms with Gasteiger partial charge in [-0.25, -0.2) is 0 Å². The molecular weight excluding hydrogens is 228 g/mol. The molecule has 1 aromatic rings. The smallest absolute Gasteiger partial charge is 0.289 e. The Balaban J connectivity index is 1.73. The first-order valence-corrected chi connectivity index (χ1v) is 5.98. The number of fused-ring (bicyclic) bond motifs is 1. The number of hydrogen-bond acceptors (Lipinski definition) is 2. The van der Waals surface area contributed by atoms with E-state index in [9.17, 15) is 4.79 Å². The van der Waals surface area contributed by atoms with Gasteiger partial charge in [0.25, 0.3) is 5.91 Å². The molecule has 2 unspecified atom stereocenters. The van der Waals surface area contributed by atoms with E-state index in [1.54, 1.807) is 12.1 Å². The lowest BCUT2D eigenvalue weighted by molar-refractivity contribution is -0.640. The van der Waals surface area contributed by atoms with Crippen molar-refractivity contribution < 1.29 is 14.5 Å². The first-order valence-electron chi connectivity index (χ1n) is 5.60. The summed E-state index contributed by atoms with van der Waals surface area (Å²) in [7, 11) is 0. The minimum absolute atomic E-state index is 0.0266. The van der Waals surface area contributed by atoms with Crippen LogP contribution in [0.2, 0.25) is 5.22 Å². The van der Waals surface area contributed by atoms with E-state index in [1.165, 1.54) is 0 Å². The van der Waals surface area contributed by atoms with Crippen molar-refractivity contribution in [2.75, 3.05) is 26.2 Å². The minimum Gasteiger partial charge on any atom is -0.440 e. The molecule has 0 aliphatic carbocycles. The van der Waals surface area contributed by atoms with Crippen LogP contribution in [0.4, 0.5) is 0 Å². The van der Waals surface area contributed by atoms with Gasteiger partial charge in [0, 0.05) is 24.9 Å². The zero-order chi connectivity index (χ0) is 11.1. The van der Waals surface area contributed by atoms with Crippen LogP contribution in [0, 0.1) is 11.8 Å². The molecule has 2 saturated heterocycles. The van der Waals surface area contributed by atoms with E-state index in [0.29, 0.717) is 17.6 Å². The molecule has 2 fully saturated rings. The molecule has 2 N–H and O–H groups in total. The van der Waals surface area contributed by atoms with Gasteiger partial charge in [0.05, 0.1) is 13.1 Å². The fraction of sp³-hybridized carbons (Fsp3) is 0.545. The van der Waals surface area contributed by atoms with Gasteiger partial charge >= 0.3 is 0 Å². The molecule has 0 bridgehead atoms. The van der Waals surface area contributed by atoms with Crippen molar-refractivity contribution in [1.82, 2.24) is 4.90 Å². The number of furan rings is 1. The number of rotatable bonds is 1. The molecule has 1 amide bonds.